The van der Waals surface area contributed by atoms with Crippen LogP contribution in [-0.2, 0) is 0 Å². The average Bonchev–Trinajstić information content (AvgIpc) is 2.84. The highest BCUT2D eigenvalue weighted by atomic mass is 32.2. The highest BCUT2D eigenvalue weighted by Gasteiger charge is 2.34. The third-order valence-electron chi connectivity index (χ3n) is 4.52. The lowest BCUT2D eigenvalue weighted by atomic mass is 9.85. The predicted molar refractivity (Wildman–Crippen MR) is 79.1 cm³/mol. The van der Waals surface area contributed by atoms with Crippen LogP contribution in [0.2, 0.25) is 0 Å². The van der Waals surface area contributed by atoms with Crippen molar-refractivity contribution in [2.45, 2.75) is 43.0 Å². The molecule has 1 aliphatic heterocycles. The minimum Gasteiger partial charge on any atom is -0.299 e. The summed E-state index contributed by atoms with van der Waals surface area (Å²) in [5.41, 5.74) is 0. The van der Waals surface area contributed by atoms with Crippen molar-refractivity contribution < 1.29 is 0 Å². The molecule has 0 aromatic heterocycles. The Bertz CT molecular complexity index is 365. The number of nitrogens with zero attached hydrogens (tertiary/aromatic N) is 1. The van der Waals surface area contributed by atoms with E-state index < -0.39 is 0 Å². The monoisotopic (exact) mass is 261 g/mol. The Morgan fingerprint density at radius 1 is 1.06 bits per heavy atom. The van der Waals surface area contributed by atoms with Crippen LogP contribution in [0.3, 0.4) is 0 Å². The van der Waals surface area contributed by atoms with Crippen LogP contribution >= 0.6 is 11.8 Å². The summed E-state index contributed by atoms with van der Waals surface area (Å²) in [6, 6.07) is 11.7. The van der Waals surface area contributed by atoms with Crippen molar-refractivity contribution in [3.63, 3.8) is 0 Å². The van der Waals surface area contributed by atoms with E-state index in [0.717, 1.165) is 12.0 Å². The van der Waals surface area contributed by atoms with Crippen LogP contribution in [0, 0.1) is 5.92 Å². The number of thioether (sulfide) groups is 1. The van der Waals surface area contributed by atoms with E-state index in [2.05, 4.69) is 35.2 Å². The average molecular weight is 261 g/mol. The smallest absolute Gasteiger partial charge is 0.0124 e. The van der Waals surface area contributed by atoms with E-state index in [1.807, 2.05) is 11.8 Å². The molecule has 0 spiro atoms. The third-order valence-corrected chi connectivity index (χ3v) is 5.51. The summed E-state index contributed by atoms with van der Waals surface area (Å²) >= 11 is 2.00. The van der Waals surface area contributed by atoms with Crippen LogP contribution in [0.25, 0.3) is 0 Å². The van der Waals surface area contributed by atoms with Gasteiger partial charge in [-0.05, 0) is 43.9 Å². The van der Waals surface area contributed by atoms with Crippen molar-refractivity contribution in [2.24, 2.45) is 5.92 Å². The lowest BCUT2D eigenvalue weighted by Crippen LogP contribution is -2.36. The van der Waals surface area contributed by atoms with Crippen LogP contribution in [0.4, 0.5) is 0 Å². The molecule has 1 saturated carbocycles. The Labute approximate surface area is 115 Å². The molecule has 2 heteroatoms. The number of benzene rings is 1. The second-order valence-electron chi connectivity index (χ2n) is 5.60. The first-order chi connectivity index (χ1) is 8.93. The molecule has 1 saturated heterocycles. The number of likely N-dealkylation sites (tertiary alicyclic amines) is 1. The molecule has 3 rings (SSSR count). The molecule has 1 nitrogen and oxygen atoms in total. The summed E-state index contributed by atoms with van der Waals surface area (Å²) in [6.07, 6.45) is 7.35. The fraction of sp³-hybridized carbons (Fsp3) is 0.625. The fourth-order valence-corrected chi connectivity index (χ4v) is 4.49. The van der Waals surface area contributed by atoms with E-state index in [9.17, 15) is 0 Å². The van der Waals surface area contributed by atoms with E-state index >= 15 is 0 Å². The first-order valence-electron chi connectivity index (χ1n) is 7.35. The molecule has 1 aliphatic carbocycles. The number of rotatable bonds is 4. The molecule has 2 atom stereocenters. The molecule has 2 fully saturated rings. The van der Waals surface area contributed by atoms with Gasteiger partial charge in [0.05, 0.1) is 0 Å². The Morgan fingerprint density at radius 3 is 2.78 bits per heavy atom. The maximum atomic E-state index is 2.76. The van der Waals surface area contributed by atoms with Gasteiger partial charge >= 0.3 is 0 Å². The van der Waals surface area contributed by atoms with Gasteiger partial charge in [0.15, 0.2) is 0 Å². The summed E-state index contributed by atoms with van der Waals surface area (Å²) in [6.45, 7) is 2.63. The maximum Gasteiger partial charge on any atom is 0.0124 e. The Kier molecular flexibility index (Phi) is 4.27. The van der Waals surface area contributed by atoms with Gasteiger partial charge in [-0.1, -0.05) is 31.0 Å². The summed E-state index contributed by atoms with van der Waals surface area (Å²) in [4.78, 5) is 4.18. The van der Waals surface area contributed by atoms with Crippen LogP contribution in [0.5, 0.6) is 0 Å². The van der Waals surface area contributed by atoms with Crippen molar-refractivity contribution in [2.75, 3.05) is 18.8 Å². The van der Waals surface area contributed by atoms with Crippen molar-refractivity contribution in [1.29, 1.82) is 0 Å². The highest BCUT2D eigenvalue weighted by Crippen LogP contribution is 2.36. The molecule has 98 valence electrons. The number of fused-ring (bicyclic) bond motifs is 1. The normalized spacial score (nSPS) is 28.2. The SMILES string of the molecule is c1ccc(SCCN2CCC3CCCCC32)cc1. The van der Waals surface area contributed by atoms with Gasteiger partial charge in [-0.2, -0.15) is 0 Å². The first kappa shape index (κ1) is 12.6. The fourth-order valence-electron chi connectivity index (χ4n) is 3.58. The van der Waals surface area contributed by atoms with Crippen molar-refractivity contribution in [1.82, 2.24) is 4.90 Å². The molecule has 2 aliphatic rings. The Hall–Kier alpha value is -0.470. The molecule has 1 aromatic carbocycles. The van der Waals surface area contributed by atoms with Gasteiger partial charge in [0.25, 0.3) is 0 Å². The van der Waals surface area contributed by atoms with Gasteiger partial charge in [0, 0.05) is 23.2 Å². The summed E-state index contributed by atoms with van der Waals surface area (Å²) in [5, 5.41) is 0. The predicted octanol–water partition coefficient (Wildman–Crippen LogP) is 4.04. The second-order valence-corrected chi connectivity index (χ2v) is 6.77. The van der Waals surface area contributed by atoms with E-state index in [4.69, 9.17) is 0 Å². The lowest BCUT2D eigenvalue weighted by Gasteiger charge is -2.31. The number of hydrogen-bond acceptors (Lipinski definition) is 2. The molecular weight excluding hydrogens is 238 g/mol. The molecular formula is C16H23NS. The zero-order valence-electron chi connectivity index (χ0n) is 11.1. The van der Waals surface area contributed by atoms with Gasteiger partial charge < -0.3 is 0 Å². The Morgan fingerprint density at radius 2 is 1.89 bits per heavy atom. The Balaban J connectivity index is 1.46. The summed E-state index contributed by atoms with van der Waals surface area (Å²) < 4.78 is 0. The molecule has 0 N–H and O–H groups in total. The van der Waals surface area contributed by atoms with E-state index in [-0.39, 0.29) is 0 Å². The topological polar surface area (TPSA) is 3.24 Å². The third kappa shape index (κ3) is 2.92. The van der Waals surface area contributed by atoms with Crippen LogP contribution < -0.4 is 0 Å². The van der Waals surface area contributed by atoms with Gasteiger partial charge in [-0.25, -0.2) is 0 Å². The first-order valence-corrected chi connectivity index (χ1v) is 8.34. The lowest BCUT2D eigenvalue weighted by molar-refractivity contribution is 0.191. The van der Waals surface area contributed by atoms with Gasteiger partial charge in [-0.15, -0.1) is 11.8 Å². The van der Waals surface area contributed by atoms with E-state index in [1.54, 1.807) is 0 Å². The minimum absolute atomic E-state index is 0.926. The standard InChI is InChI=1S/C16H23NS/c1-2-7-15(8-3-1)18-13-12-17-11-10-14-6-4-5-9-16(14)17/h1-3,7-8,14,16H,4-6,9-13H2. The minimum atomic E-state index is 0.926. The molecule has 2 unspecified atom stereocenters. The van der Waals surface area contributed by atoms with Gasteiger partial charge in [0.2, 0.25) is 0 Å². The zero-order chi connectivity index (χ0) is 12.2. The molecule has 18 heavy (non-hydrogen) atoms. The van der Waals surface area contributed by atoms with Crippen molar-refractivity contribution >= 4 is 11.8 Å². The van der Waals surface area contributed by atoms with Crippen LogP contribution in [0.15, 0.2) is 35.2 Å². The molecule has 0 bridgehead atoms. The van der Waals surface area contributed by atoms with Crippen LogP contribution in [0.1, 0.15) is 32.1 Å². The molecule has 1 aromatic rings. The highest BCUT2D eigenvalue weighted by molar-refractivity contribution is 7.99. The van der Waals surface area contributed by atoms with Crippen LogP contribution in [-0.4, -0.2) is 29.8 Å². The molecule has 1 heterocycles. The molecule has 0 amide bonds. The number of hydrogen-bond donors (Lipinski definition) is 0. The largest absolute Gasteiger partial charge is 0.299 e. The van der Waals surface area contributed by atoms with Crippen molar-refractivity contribution in [3.8, 4) is 0 Å². The second kappa shape index (κ2) is 6.12. The zero-order valence-corrected chi connectivity index (χ0v) is 11.9. The summed E-state index contributed by atoms with van der Waals surface area (Å²) in [5.74, 6) is 2.27. The maximum absolute atomic E-state index is 2.76. The van der Waals surface area contributed by atoms with Crippen molar-refractivity contribution in [3.05, 3.63) is 30.3 Å². The van der Waals surface area contributed by atoms with E-state index in [0.29, 0.717) is 0 Å². The van der Waals surface area contributed by atoms with Gasteiger partial charge in [-0.3, -0.25) is 4.90 Å². The molecule has 0 radical (unpaired) electrons. The quantitative estimate of drug-likeness (QED) is 0.752. The summed E-state index contributed by atoms with van der Waals surface area (Å²) in [7, 11) is 0. The van der Waals surface area contributed by atoms with E-state index in [1.165, 1.54) is 55.8 Å². The van der Waals surface area contributed by atoms with Gasteiger partial charge in [0.1, 0.15) is 0 Å².